The van der Waals surface area contributed by atoms with E-state index in [2.05, 4.69) is 40.6 Å². The summed E-state index contributed by atoms with van der Waals surface area (Å²) in [6.45, 7) is 15.8. The van der Waals surface area contributed by atoms with Gasteiger partial charge in [0.05, 0.1) is 25.2 Å². The van der Waals surface area contributed by atoms with Gasteiger partial charge in [-0.1, -0.05) is 78.9 Å². The normalized spacial score (nSPS) is 15.8. The number of amides is 1. The Hall–Kier alpha value is -4.99. The summed E-state index contributed by atoms with van der Waals surface area (Å²) in [6.07, 6.45) is 3.39. The van der Waals surface area contributed by atoms with Gasteiger partial charge in [0.25, 0.3) is 0 Å². The summed E-state index contributed by atoms with van der Waals surface area (Å²) in [5.41, 5.74) is 3.70. The molecule has 1 N–H and O–H groups in total. The SMILES string of the molecule is CC(NC(=O)OC(C)(C)C)c1cccc(-c2cc(C=C[C@@H]3CN(Cc4ccccc4)CCO3)cc(COc3ccccc3CC(=O)OC(C)(C)C)c2)c1F. The number of hydrogen-bond donors (Lipinski definition) is 1. The molecule has 1 saturated heterocycles. The zero-order valence-electron chi connectivity index (χ0n) is 32.5. The van der Waals surface area contributed by atoms with Crippen LogP contribution in [0.15, 0.2) is 97.1 Å². The number of para-hydroxylation sites is 1. The molecule has 0 aromatic heterocycles. The second kappa shape index (κ2) is 17.9. The van der Waals surface area contributed by atoms with Crippen molar-refractivity contribution in [3.05, 3.63) is 131 Å². The fourth-order valence-electron chi connectivity index (χ4n) is 6.26. The highest BCUT2D eigenvalue weighted by Crippen LogP contribution is 2.31. The summed E-state index contributed by atoms with van der Waals surface area (Å²) >= 11 is 0. The number of morpholine rings is 1. The molecule has 0 aliphatic carbocycles. The van der Waals surface area contributed by atoms with Crippen LogP contribution >= 0.6 is 0 Å². The first kappa shape index (κ1) is 40.2. The van der Waals surface area contributed by atoms with E-state index in [1.807, 2.05) is 75.4 Å². The Labute approximate surface area is 319 Å². The molecule has 0 radical (unpaired) electrons. The number of ether oxygens (including phenoxy) is 4. The molecule has 1 aliphatic rings. The molecule has 5 rings (SSSR count). The Bertz CT molecular complexity index is 1910. The van der Waals surface area contributed by atoms with E-state index in [0.717, 1.165) is 30.8 Å². The maximum absolute atomic E-state index is 16.4. The number of benzene rings is 4. The summed E-state index contributed by atoms with van der Waals surface area (Å²) in [4.78, 5) is 27.6. The third kappa shape index (κ3) is 12.3. The summed E-state index contributed by atoms with van der Waals surface area (Å²) in [5, 5.41) is 2.76. The Balaban J connectivity index is 1.41. The number of halogens is 1. The lowest BCUT2D eigenvalue weighted by Crippen LogP contribution is -2.41. The van der Waals surface area contributed by atoms with E-state index in [4.69, 9.17) is 18.9 Å². The van der Waals surface area contributed by atoms with Crippen LogP contribution in [0.5, 0.6) is 5.75 Å². The topological polar surface area (TPSA) is 86.3 Å². The summed E-state index contributed by atoms with van der Waals surface area (Å²) < 4.78 is 39.8. The number of nitrogens with one attached hydrogen (secondary N) is 1. The molecule has 1 aliphatic heterocycles. The quantitative estimate of drug-likeness (QED) is 0.145. The second-order valence-corrected chi connectivity index (χ2v) is 15.7. The molecule has 1 fully saturated rings. The van der Waals surface area contributed by atoms with Gasteiger partial charge in [-0.15, -0.1) is 0 Å². The molecule has 286 valence electrons. The van der Waals surface area contributed by atoms with Crippen LogP contribution in [0.2, 0.25) is 0 Å². The molecule has 1 heterocycles. The highest BCUT2D eigenvalue weighted by atomic mass is 19.1. The van der Waals surface area contributed by atoms with Gasteiger partial charge in [0.15, 0.2) is 0 Å². The van der Waals surface area contributed by atoms with E-state index in [1.54, 1.807) is 45.9 Å². The molecule has 0 saturated carbocycles. The Morgan fingerprint density at radius 3 is 2.37 bits per heavy atom. The Morgan fingerprint density at radius 2 is 1.63 bits per heavy atom. The highest BCUT2D eigenvalue weighted by molar-refractivity contribution is 5.74. The summed E-state index contributed by atoms with van der Waals surface area (Å²) in [6, 6.07) is 28.2. The molecule has 0 bridgehead atoms. The number of alkyl carbamates (subject to hydrolysis) is 1. The number of nitrogens with zero attached hydrogens (tertiary/aromatic N) is 1. The van der Waals surface area contributed by atoms with Crippen LogP contribution in [0.25, 0.3) is 17.2 Å². The van der Waals surface area contributed by atoms with Gasteiger partial charge in [0, 0.05) is 36.3 Å². The first-order chi connectivity index (χ1) is 25.6. The van der Waals surface area contributed by atoms with Crippen molar-refractivity contribution in [2.24, 2.45) is 0 Å². The highest BCUT2D eigenvalue weighted by Gasteiger charge is 2.23. The van der Waals surface area contributed by atoms with Crippen molar-refractivity contribution in [1.82, 2.24) is 10.2 Å². The first-order valence-electron chi connectivity index (χ1n) is 18.5. The number of rotatable bonds is 12. The van der Waals surface area contributed by atoms with Crippen molar-refractivity contribution < 1.29 is 32.9 Å². The lowest BCUT2D eigenvalue weighted by atomic mass is 9.95. The number of carbonyl (C=O) groups excluding carboxylic acids is 2. The zero-order valence-corrected chi connectivity index (χ0v) is 32.5. The first-order valence-corrected chi connectivity index (χ1v) is 18.5. The van der Waals surface area contributed by atoms with Crippen LogP contribution in [0.3, 0.4) is 0 Å². The molecular formula is C45H53FN2O6. The lowest BCUT2D eigenvalue weighted by Gasteiger charge is -2.31. The molecule has 4 aromatic rings. The molecule has 54 heavy (non-hydrogen) atoms. The average Bonchev–Trinajstić information content (AvgIpc) is 3.09. The van der Waals surface area contributed by atoms with Crippen molar-refractivity contribution in [1.29, 1.82) is 0 Å². The van der Waals surface area contributed by atoms with E-state index in [9.17, 15) is 9.59 Å². The standard InChI is InChI=1S/C45H53FN2O6/c1-31(47-43(50)54-45(5,6)7)38-17-13-18-39(42(38)46)36-25-33(20-21-37-29-48(22-23-51-37)28-32-14-9-8-10-15-32)24-34(26-36)30-52-40-19-12-11-16-35(40)27-41(49)53-44(2,3)4/h8-21,24-26,31,37H,22-23,27-30H2,1-7H3,(H,47,50)/t31?,37-/m1/s1. The van der Waals surface area contributed by atoms with Crippen LogP contribution in [0.4, 0.5) is 9.18 Å². The lowest BCUT2D eigenvalue weighted by molar-refractivity contribution is -0.153. The number of esters is 1. The summed E-state index contributed by atoms with van der Waals surface area (Å²) in [5.74, 6) is -0.218. The van der Waals surface area contributed by atoms with Crippen molar-refractivity contribution in [2.45, 2.75) is 91.4 Å². The van der Waals surface area contributed by atoms with Gasteiger partial charge in [-0.05, 0) is 95.0 Å². The largest absolute Gasteiger partial charge is 0.489 e. The maximum Gasteiger partial charge on any atom is 0.408 e. The van der Waals surface area contributed by atoms with Crippen molar-refractivity contribution in [3.8, 4) is 16.9 Å². The number of hydrogen-bond acceptors (Lipinski definition) is 7. The molecule has 9 heteroatoms. The number of carbonyl (C=O) groups is 2. The molecule has 1 unspecified atom stereocenters. The van der Waals surface area contributed by atoms with Crippen molar-refractivity contribution >= 4 is 18.1 Å². The van der Waals surface area contributed by atoms with Gasteiger partial charge in [0.1, 0.15) is 29.4 Å². The van der Waals surface area contributed by atoms with Gasteiger partial charge < -0.3 is 24.3 Å². The van der Waals surface area contributed by atoms with Crippen LogP contribution in [-0.4, -0.2) is 54.0 Å². The fourth-order valence-corrected chi connectivity index (χ4v) is 6.26. The molecule has 8 nitrogen and oxygen atoms in total. The maximum atomic E-state index is 16.4. The smallest absolute Gasteiger partial charge is 0.408 e. The predicted molar refractivity (Wildman–Crippen MR) is 210 cm³/mol. The molecular weight excluding hydrogens is 684 g/mol. The minimum atomic E-state index is -0.685. The molecule has 2 atom stereocenters. The third-order valence-corrected chi connectivity index (χ3v) is 8.61. The van der Waals surface area contributed by atoms with Gasteiger partial charge in [0.2, 0.25) is 0 Å². The zero-order chi connectivity index (χ0) is 38.9. The van der Waals surface area contributed by atoms with Crippen LogP contribution in [0.1, 0.15) is 82.3 Å². The predicted octanol–water partition coefficient (Wildman–Crippen LogP) is 9.46. The van der Waals surface area contributed by atoms with Gasteiger partial charge in [-0.2, -0.15) is 0 Å². The monoisotopic (exact) mass is 736 g/mol. The van der Waals surface area contributed by atoms with Crippen molar-refractivity contribution in [3.63, 3.8) is 0 Å². The van der Waals surface area contributed by atoms with Gasteiger partial charge in [-0.3, -0.25) is 9.69 Å². The minimum absolute atomic E-state index is 0.0671. The van der Waals surface area contributed by atoms with Gasteiger partial charge in [-0.25, -0.2) is 9.18 Å². The molecule has 1 amide bonds. The van der Waals surface area contributed by atoms with Crippen LogP contribution < -0.4 is 10.1 Å². The molecule has 4 aromatic carbocycles. The van der Waals surface area contributed by atoms with E-state index < -0.39 is 29.2 Å². The van der Waals surface area contributed by atoms with Crippen molar-refractivity contribution in [2.75, 3.05) is 19.7 Å². The average molecular weight is 737 g/mol. The van der Waals surface area contributed by atoms with Crippen LogP contribution in [-0.2, 0) is 38.6 Å². The third-order valence-electron chi connectivity index (χ3n) is 8.61. The van der Waals surface area contributed by atoms with E-state index >= 15 is 4.39 Å². The molecule has 0 spiro atoms. The Morgan fingerprint density at radius 1 is 0.907 bits per heavy atom. The van der Waals surface area contributed by atoms with E-state index in [0.29, 0.717) is 34.6 Å². The fraction of sp³-hybridized carbons (Fsp3) is 0.378. The van der Waals surface area contributed by atoms with Crippen LogP contribution in [0, 0.1) is 5.82 Å². The van der Waals surface area contributed by atoms with E-state index in [-0.39, 0.29) is 25.1 Å². The Kier molecular flexibility index (Phi) is 13.3. The second-order valence-electron chi connectivity index (χ2n) is 15.7. The summed E-state index contributed by atoms with van der Waals surface area (Å²) in [7, 11) is 0. The van der Waals surface area contributed by atoms with Gasteiger partial charge >= 0.3 is 12.1 Å². The minimum Gasteiger partial charge on any atom is -0.489 e. The van der Waals surface area contributed by atoms with E-state index in [1.165, 1.54) is 5.56 Å².